The Bertz CT molecular complexity index is 570. The van der Waals surface area contributed by atoms with E-state index < -0.39 is 0 Å². The third-order valence-corrected chi connectivity index (χ3v) is 3.25. The molecule has 2 aromatic rings. The highest BCUT2D eigenvalue weighted by Gasteiger charge is 2.09. The van der Waals surface area contributed by atoms with Crippen molar-refractivity contribution in [1.82, 2.24) is 5.32 Å². The Morgan fingerprint density at radius 1 is 1.50 bits per heavy atom. The van der Waals surface area contributed by atoms with Crippen LogP contribution in [0.25, 0.3) is 10.4 Å². The van der Waals surface area contributed by atoms with Crippen LogP contribution in [-0.4, -0.2) is 5.91 Å². The number of hydrogen-bond donors (Lipinski definition) is 1. The molecule has 0 aliphatic rings. The molecular formula is C11H10N4O2S. The molecule has 7 heteroatoms. The fourth-order valence-corrected chi connectivity index (χ4v) is 2.20. The van der Waals surface area contributed by atoms with E-state index in [1.54, 1.807) is 30.5 Å². The lowest BCUT2D eigenvalue weighted by Gasteiger charge is -2.00. The lowest BCUT2D eigenvalue weighted by molar-refractivity contribution is 0.0952. The highest BCUT2D eigenvalue weighted by atomic mass is 32.1. The van der Waals surface area contributed by atoms with Gasteiger partial charge in [-0.25, -0.2) is 0 Å². The summed E-state index contributed by atoms with van der Waals surface area (Å²) in [6.45, 7) is 0.627. The number of carbonyl (C=O) groups is 1. The van der Waals surface area contributed by atoms with Crippen molar-refractivity contribution in [1.29, 1.82) is 0 Å². The molecule has 18 heavy (non-hydrogen) atoms. The van der Waals surface area contributed by atoms with Gasteiger partial charge in [0.25, 0.3) is 5.91 Å². The molecule has 0 fully saturated rings. The minimum atomic E-state index is -0.163. The molecule has 92 valence electrons. The van der Waals surface area contributed by atoms with Crippen LogP contribution in [0.3, 0.4) is 0 Å². The summed E-state index contributed by atoms with van der Waals surface area (Å²) in [5.74, 6) is 0.540. The maximum absolute atomic E-state index is 11.8. The zero-order chi connectivity index (χ0) is 12.8. The first-order chi connectivity index (χ1) is 8.79. The van der Waals surface area contributed by atoms with Gasteiger partial charge in [0.05, 0.1) is 24.2 Å². The van der Waals surface area contributed by atoms with Crippen molar-refractivity contribution in [2.24, 2.45) is 5.11 Å². The molecule has 0 spiro atoms. The molecule has 2 rings (SSSR count). The van der Waals surface area contributed by atoms with E-state index in [2.05, 4.69) is 15.3 Å². The highest BCUT2D eigenvalue weighted by Crippen LogP contribution is 2.17. The van der Waals surface area contributed by atoms with Gasteiger partial charge in [0.1, 0.15) is 5.76 Å². The molecule has 2 heterocycles. The molecule has 2 aromatic heterocycles. The molecule has 0 atom stereocenters. The number of hydrogen-bond acceptors (Lipinski definition) is 4. The number of nitrogens with one attached hydrogen (secondary N) is 1. The molecule has 0 unspecified atom stereocenters. The van der Waals surface area contributed by atoms with Crippen LogP contribution in [0.2, 0.25) is 0 Å². The third-order valence-electron chi connectivity index (χ3n) is 2.18. The lowest BCUT2D eigenvalue weighted by atomic mass is 10.4. The first kappa shape index (κ1) is 12.2. The summed E-state index contributed by atoms with van der Waals surface area (Å²) in [6.07, 6.45) is 1.56. The predicted molar refractivity (Wildman–Crippen MR) is 67.0 cm³/mol. The molecule has 0 saturated carbocycles. The van der Waals surface area contributed by atoms with Crippen LogP contribution in [0.1, 0.15) is 20.3 Å². The van der Waals surface area contributed by atoms with Gasteiger partial charge in [0.2, 0.25) is 0 Å². The average molecular weight is 262 g/mol. The molecule has 1 amide bonds. The van der Waals surface area contributed by atoms with Gasteiger partial charge in [-0.15, -0.1) is 11.3 Å². The third kappa shape index (κ3) is 3.13. The van der Waals surface area contributed by atoms with Gasteiger partial charge in [-0.1, -0.05) is 5.11 Å². The topological polar surface area (TPSA) is 91.0 Å². The van der Waals surface area contributed by atoms with E-state index in [9.17, 15) is 4.79 Å². The van der Waals surface area contributed by atoms with Crippen LogP contribution in [0, 0.1) is 0 Å². The van der Waals surface area contributed by atoms with Crippen molar-refractivity contribution in [2.75, 3.05) is 0 Å². The monoisotopic (exact) mass is 262 g/mol. The summed E-state index contributed by atoms with van der Waals surface area (Å²) >= 11 is 1.31. The maximum atomic E-state index is 11.8. The van der Waals surface area contributed by atoms with E-state index in [-0.39, 0.29) is 12.5 Å². The normalized spacial score (nSPS) is 9.78. The summed E-state index contributed by atoms with van der Waals surface area (Å²) in [4.78, 5) is 15.9. The van der Waals surface area contributed by atoms with Crippen LogP contribution >= 0.6 is 11.3 Å². The molecular weight excluding hydrogens is 252 g/mol. The van der Waals surface area contributed by atoms with Crippen molar-refractivity contribution >= 4 is 17.2 Å². The summed E-state index contributed by atoms with van der Waals surface area (Å²) in [6, 6.07) is 7.05. The first-order valence-corrected chi connectivity index (χ1v) is 6.01. The summed E-state index contributed by atoms with van der Waals surface area (Å²) < 4.78 is 5.11. The Hall–Kier alpha value is -2.24. The van der Waals surface area contributed by atoms with Crippen LogP contribution < -0.4 is 5.32 Å². The minimum absolute atomic E-state index is 0.163. The van der Waals surface area contributed by atoms with E-state index in [0.29, 0.717) is 17.2 Å². The average Bonchev–Trinajstić information content (AvgIpc) is 3.04. The molecule has 1 N–H and O–H groups in total. The molecule has 0 aliphatic heterocycles. The standard InChI is InChI=1S/C11H10N4O2S/c12-15-14-7-9-3-4-10(18-9)11(16)13-6-8-2-1-5-17-8/h1-5H,6-7H2,(H,13,16). The molecule has 6 nitrogen and oxygen atoms in total. The number of rotatable bonds is 5. The molecule has 0 saturated heterocycles. The molecule has 0 radical (unpaired) electrons. The van der Waals surface area contributed by atoms with Crippen molar-refractivity contribution in [3.05, 3.63) is 56.5 Å². The zero-order valence-electron chi connectivity index (χ0n) is 9.37. The van der Waals surface area contributed by atoms with Gasteiger partial charge in [0.15, 0.2) is 0 Å². The zero-order valence-corrected chi connectivity index (χ0v) is 10.2. The largest absolute Gasteiger partial charge is 0.467 e. The predicted octanol–water partition coefficient (Wildman–Crippen LogP) is 3.08. The Kier molecular flexibility index (Phi) is 4.01. The highest BCUT2D eigenvalue weighted by molar-refractivity contribution is 7.14. The molecule has 0 aromatic carbocycles. The van der Waals surface area contributed by atoms with Crippen molar-refractivity contribution < 1.29 is 9.21 Å². The quantitative estimate of drug-likeness (QED) is 0.509. The van der Waals surface area contributed by atoms with E-state index in [4.69, 9.17) is 9.95 Å². The van der Waals surface area contributed by atoms with E-state index >= 15 is 0 Å². The Morgan fingerprint density at radius 3 is 3.11 bits per heavy atom. The minimum Gasteiger partial charge on any atom is -0.467 e. The van der Waals surface area contributed by atoms with Gasteiger partial charge >= 0.3 is 0 Å². The van der Waals surface area contributed by atoms with Crippen LogP contribution in [0.5, 0.6) is 0 Å². The lowest BCUT2D eigenvalue weighted by Crippen LogP contribution is -2.21. The van der Waals surface area contributed by atoms with Crippen molar-refractivity contribution in [3.8, 4) is 0 Å². The van der Waals surface area contributed by atoms with Gasteiger partial charge < -0.3 is 9.73 Å². The first-order valence-electron chi connectivity index (χ1n) is 5.20. The van der Waals surface area contributed by atoms with Crippen molar-refractivity contribution in [3.63, 3.8) is 0 Å². The number of amides is 1. The van der Waals surface area contributed by atoms with Gasteiger partial charge in [-0.05, 0) is 29.8 Å². The van der Waals surface area contributed by atoms with Crippen molar-refractivity contribution in [2.45, 2.75) is 13.1 Å². The Balaban J connectivity index is 1.92. The van der Waals surface area contributed by atoms with Crippen LogP contribution in [0.4, 0.5) is 0 Å². The maximum Gasteiger partial charge on any atom is 0.261 e. The Labute approximate surface area is 107 Å². The number of nitrogens with zero attached hydrogens (tertiary/aromatic N) is 3. The Morgan fingerprint density at radius 2 is 2.39 bits per heavy atom. The molecule has 0 aliphatic carbocycles. The van der Waals surface area contributed by atoms with Gasteiger partial charge in [0, 0.05) is 9.79 Å². The second-order valence-electron chi connectivity index (χ2n) is 3.42. The van der Waals surface area contributed by atoms with E-state index in [0.717, 1.165) is 4.88 Å². The summed E-state index contributed by atoms with van der Waals surface area (Å²) in [5.41, 5.74) is 8.21. The second kappa shape index (κ2) is 5.90. The number of furan rings is 1. The SMILES string of the molecule is [N-]=[N+]=NCc1ccc(C(=O)NCc2ccco2)s1. The fourth-order valence-electron chi connectivity index (χ4n) is 1.35. The second-order valence-corrected chi connectivity index (χ2v) is 4.59. The van der Waals surface area contributed by atoms with Crippen LogP contribution in [0.15, 0.2) is 40.1 Å². The number of azide groups is 1. The van der Waals surface area contributed by atoms with Gasteiger partial charge in [-0.2, -0.15) is 0 Å². The van der Waals surface area contributed by atoms with Crippen LogP contribution in [-0.2, 0) is 13.1 Å². The fraction of sp³-hybridized carbons (Fsp3) is 0.182. The molecule has 0 bridgehead atoms. The van der Waals surface area contributed by atoms with E-state index in [1.165, 1.54) is 11.3 Å². The number of carbonyl (C=O) groups excluding carboxylic acids is 1. The van der Waals surface area contributed by atoms with Gasteiger partial charge in [-0.3, -0.25) is 4.79 Å². The van der Waals surface area contributed by atoms with E-state index in [1.807, 2.05) is 0 Å². The summed E-state index contributed by atoms with van der Waals surface area (Å²) in [5, 5.41) is 6.19. The smallest absolute Gasteiger partial charge is 0.261 e. The number of thiophene rings is 1. The summed E-state index contributed by atoms with van der Waals surface area (Å²) in [7, 11) is 0.